The Morgan fingerprint density at radius 1 is 1.29 bits per heavy atom. The largest absolute Gasteiger partial charge is 0.433 e. The van der Waals surface area contributed by atoms with Gasteiger partial charge in [-0.1, -0.05) is 17.3 Å². The van der Waals surface area contributed by atoms with Crippen LogP contribution < -0.4 is 9.46 Å². The molecule has 1 N–H and O–H groups in total. The van der Waals surface area contributed by atoms with Gasteiger partial charge in [-0.15, -0.1) is 0 Å². The summed E-state index contributed by atoms with van der Waals surface area (Å²) in [6.45, 7) is -0.155. The van der Waals surface area contributed by atoms with Gasteiger partial charge in [0.15, 0.2) is 10.7 Å². The molecule has 0 saturated carbocycles. The molecule has 9 heteroatoms. The number of benzene rings is 1. The molecule has 0 aliphatic heterocycles. The summed E-state index contributed by atoms with van der Waals surface area (Å²) in [6, 6.07) is 5.49. The molecule has 0 unspecified atom stereocenters. The first-order valence-corrected chi connectivity index (χ1v) is 7.29. The van der Waals surface area contributed by atoms with E-state index >= 15 is 0 Å². The number of rotatable bonds is 5. The van der Waals surface area contributed by atoms with Crippen LogP contribution in [-0.4, -0.2) is 20.2 Å². The normalized spacial score (nSPS) is 11.7. The topological polar surface area (TPSA) is 81.4 Å². The molecule has 0 bridgehead atoms. The highest BCUT2D eigenvalue weighted by Gasteiger charge is 2.25. The molecule has 114 valence electrons. The Morgan fingerprint density at radius 3 is 2.52 bits per heavy atom. The number of halogens is 2. The fraction of sp³-hybridized carbons (Fsp3) is 0.250. The number of ether oxygens (including phenoxy) is 1. The van der Waals surface area contributed by atoms with Crippen molar-refractivity contribution < 1.29 is 26.5 Å². The van der Waals surface area contributed by atoms with E-state index in [-0.39, 0.29) is 27.8 Å². The van der Waals surface area contributed by atoms with Crippen LogP contribution in [-0.2, 0) is 10.0 Å². The monoisotopic (exact) mass is 318 g/mol. The summed E-state index contributed by atoms with van der Waals surface area (Å²) in [4.78, 5) is -0.130. The zero-order valence-electron chi connectivity index (χ0n) is 11.1. The summed E-state index contributed by atoms with van der Waals surface area (Å²) < 4.78 is 60.5. The van der Waals surface area contributed by atoms with Crippen molar-refractivity contribution in [3.63, 3.8) is 0 Å². The van der Waals surface area contributed by atoms with Gasteiger partial charge in [-0.25, -0.2) is 8.42 Å². The first kappa shape index (κ1) is 15.2. The van der Waals surface area contributed by atoms with Crippen LogP contribution in [0, 0.1) is 13.8 Å². The number of anilines is 1. The van der Waals surface area contributed by atoms with E-state index in [2.05, 4.69) is 14.6 Å². The van der Waals surface area contributed by atoms with E-state index in [9.17, 15) is 17.2 Å². The molecule has 21 heavy (non-hydrogen) atoms. The summed E-state index contributed by atoms with van der Waals surface area (Å²) in [7, 11) is -4.02. The van der Waals surface area contributed by atoms with Crippen LogP contribution in [0.1, 0.15) is 11.5 Å². The van der Waals surface area contributed by atoms with Crippen LogP contribution in [0.4, 0.5) is 14.5 Å². The van der Waals surface area contributed by atoms with Gasteiger partial charge in [-0.2, -0.15) is 8.78 Å². The van der Waals surface area contributed by atoms with E-state index < -0.39 is 16.6 Å². The smallest absolute Gasteiger partial charge is 0.387 e. The number of aryl methyl sites for hydroxylation is 2. The van der Waals surface area contributed by atoms with Crippen molar-refractivity contribution in [1.29, 1.82) is 0 Å². The lowest BCUT2D eigenvalue weighted by Gasteiger charge is -2.12. The van der Waals surface area contributed by atoms with Gasteiger partial charge in [0.1, 0.15) is 11.4 Å². The minimum Gasteiger partial charge on any atom is -0.433 e. The molecule has 0 fully saturated rings. The van der Waals surface area contributed by atoms with Crippen LogP contribution in [0.2, 0.25) is 0 Å². The predicted molar refractivity (Wildman–Crippen MR) is 69.9 cm³/mol. The van der Waals surface area contributed by atoms with Gasteiger partial charge in [0.25, 0.3) is 10.0 Å². The summed E-state index contributed by atoms with van der Waals surface area (Å²) >= 11 is 0. The van der Waals surface area contributed by atoms with E-state index in [1.54, 1.807) is 0 Å². The van der Waals surface area contributed by atoms with Gasteiger partial charge in [-0.3, -0.25) is 4.72 Å². The second kappa shape index (κ2) is 5.68. The Kier molecular flexibility index (Phi) is 4.12. The van der Waals surface area contributed by atoms with E-state index in [1.165, 1.54) is 38.1 Å². The Morgan fingerprint density at radius 2 is 1.95 bits per heavy atom. The van der Waals surface area contributed by atoms with Crippen molar-refractivity contribution in [3.05, 3.63) is 35.7 Å². The van der Waals surface area contributed by atoms with Crippen molar-refractivity contribution in [3.8, 4) is 5.75 Å². The number of nitrogens with one attached hydrogen (secondary N) is 1. The average molecular weight is 318 g/mol. The van der Waals surface area contributed by atoms with Gasteiger partial charge in [0, 0.05) is 0 Å². The first-order chi connectivity index (χ1) is 9.81. The second-order valence-corrected chi connectivity index (χ2v) is 5.75. The Labute approximate surface area is 119 Å². The summed E-state index contributed by atoms with van der Waals surface area (Å²) in [5.74, 6) is -0.171. The predicted octanol–water partition coefficient (Wildman–Crippen LogP) is 2.69. The van der Waals surface area contributed by atoms with Crippen LogP contribution in [0.5, 0.6) is 5.75 Å². The third-order valence-electron chi connectivity index (χ3n) is 2.58. The molecule has 0 aliphatic carbocycles. The molecule has 1 heterocycles. The number of sulfonamides is 1. The molecule has 0 radical (unpaired) electrons. The van der Waals surface area contributed by atoms with Crippen LogP contribution in [0.3, 0.4) is 0 Å². The number of hydrogen-bond acceptors (Lipinski definition) is 5. The molecule has 1 aromatic heterocycles. The Hall–Kier alpha value is -2.16. The zero-order chi connectivity index (χ0) is 15.6. The molecule has 0 spiro atoms. The van der Waals surface area contributed by atoms with E-state index in [0.29, 0.717) is 0 Å². The molecule has 0 saturated heterocycles. The molecule has 2 aromatic rings. The van der Waals surface area contributed by atoms with E-state index in [1.807, 2.05) is 0 Å². The van der Waals surface area contributed by atoms with Gasteiger partial charge >= 0.3 is 6.61 Å². The zero-order valence-corrected chi connectivity index (χ0v) is 11.9. The van der Waals surface area contributed by atoms with Gasteiger partial charge in [0.05, 0.1) is 5.69 Å². The molecular weight excluding hydrogens is 306 g/mol. The summed E-state index contributed by atoms with van der Waals surface area (Å²) in [6.07, 6.45) is 0. The van der Waals surface area contributed by atoms with Crippen molar-refractivity contribution in [1.82, 2.24) is 5.16 Å². The fourth-order valence-corrected chi connectivity index (χ4v) is 3.21. The van der Waals surface area contributed by atoms with Gasteiger partial charge in [0.2, 0.25) is 0 Å². The maximum absolute atomic E-state index is 12.3. The molecule has 2 rings (SSSR count). The van der Waals surface area contributed by atoms with Crippen LogP contribution in [0.15, 0.2) is 33.7 Å². The van der Waals surface area contributed by atoms with Crippen molar-refractivity contribution >= 4 is 15.7 Å². The minimum absolute atomic E-state index is 0.0993. The highest BCUT2D eigenvalue weighted by Crippen LogP contribution is 2.29. The third kappa shape index (κ3) is 3.30. The Balaban J connectivity index is 2.38. The maximum Gasteiger partial charge on any atom is 0.387 e. The fourth-order valence-electron chi connectivity index (χ4n) is 1.80. The molecule has 0 atom stereocenters. The minimum atomic E-state index is -4.02. The maximum atomic E-state index is 12.3. The van der Waals surface area contributed by atoms with Crippen molar-refractivity contribution in [2.75, 3.05) is 4.72 Å². The molecule has 0 aliphatic rings. The highest BCUT2D eigenvalue weighted by atomic mass is 32.2. The average Bonchev–Trinajstić information content (AvgIpc) is 2.71. The summed E-state index contributed by atoms with van der Waals surface area (Å²) in [5.41, 5.74) is 0.0741. The number of hydrogen-bond donors (Lipinski definition) is 1. The number of para-hydroxylation sites is 2. The quantitative estimate of drug-likeness (QED) is 0.916. The summed E-state index contributed by atoms with van der Waals surface area (Å²) in [5, 5.41) is 3.55. The van der Waals surface area contributed by atoms with E-state index in [0.717, 1.165) is 0 Å². The highest BCUT2D eigenvalue weighted by molar-refractivity contribution is 7.92. The number of nitrogens with zero attached hydrogens (tertiary/aromatic N) is 1. The molecule has 6 nitrogen and oxygen atoms in total. The lowest BCUT2D eigenvalue weighted by Crippen LogP contribution is -2.16. The van der Waals surface area contributed by atoms with Gasteiger partial charge in [-0.05, 0) is 26.0 Å². The third-order valence-corrected chi connectivity index (χ3v) is 4.19. The standard InChI is InChI=1S/C12H12F2N2O4S/c1-7-11(8(2)20-15-7)21(17,18)16-9-5-3-4-6-10(9)19-12(13)14/h3-6,12,16H,1-2H3. The lowest BCUT2D eigenvalue weighted by atomic mass is 10.3. The Bertz CT molecular complexity index is 724. The second-order valence-electron chi connectivity index (χ2n) is 4.13. The number of alkyl halides is 2. The van der Waals surface area contributed by atoms with Crippen LogP contribution >= 0.6 is 0 Å². The molecule has 1 aromatic carbocycles. The molecular formula is C12H12F2N2O4S. The van der Waals surface area contributed by atoms with Crippen molar-refractivity contribution in [2.24, 2.45) is 0 Å². The SMILES string of the molecule is Cc1noc(C)c1S(=O)(=O)Nc1ccccc1OC(F)F. The molecule has 0 amide bonds. The van der Waals surface area contributed by atoms with Crippen molar-refractivity contribution in [2.45, 2.75) is 25.4 Å². The van der Waals surface area contributed by atoms with Crippen LogP contribution in [0.25, 0.3) is 0 Å². The van der Waals surface area contributed by atoms with E-state index in [4.69, 9.17) is 4.52 Å². The number of aromatic nitrogens is 1. The lowest BCUT2D eigenvalue weighted by molar-refractivity contribution is -0.0493. The van der Waals surface area contributed by atoms with Gasteiger partial charge < -0.3 is 9.26 Å². The first-order valence-electron chi connectivity index (χ1n) is 5.81.